The fourth-order valence-corrected chi connectivity index (χ4v) is 0.865. The van der Waals surface area contributed by atoms with Gasteiger partial charge in [-0.2, -0.15) is 0 Å². The van der Waals surface area contributed by atoms with Gasteiger partial charge in [0.05, 0.1) is 5.58 Å². The zero-order chi connectivity index (χ0) is 8.43. The van der Waals surface area contributed by atoms with Gasteiger partial charge in [-0.1, -0.05) is 0 Å². The van der Waals surface area contributed by atoms with Gasteiger partial charge in [-0.3, -0.25) is 9.59 Å². The largest absolute Gasteiger partial charge is 0.329 e. The first-order valence-electron chi connectivity index (χ1n) is 3.10. The van der Waals surface area contributed by atoms with Crippen LogP contribution in [0.3, 0.4) is 0 Å². The van der Waals surface area contributed by atoms with Crippen LogP contribution in [-0.4, -0.2) is 37.5 Å². The van der Waals surface area contributed by atoms with Gasteiger partial charge in [0, 0.05) is 12.8 Å². The van der Waals surface area contributed by atoms with Gasteiger partial charge in [0.2, 0.25) is 11.8 Å². The molecule has 2 amide bonds. The minimum absolute atomic E-state index is 0.169. The standard InChI is InChI=1S/C5H4B2NO3/c6-5(11)7-8-3(9)1-2-4(8)10/h1-2H2. The van der Waals surface area contributed by atoms with Crippen molar-refractivity contribution in [1.29, 1.82) is 0 Å². The van der Waals surface area contributed by atoms with E-state index in [9.17, 15) is 14.4 Å². The molecule has 0 atom stereocenters. The van der Waals surface area contributed by atoms with E-state index in [1.165, 1.54) is 0 Å². The first kappa shape index (κ1) is 8.04. The number of carbonyl (C=O) groups is 3. The van der Waals surface area contributed by atoms with Crippen molar-refractivity contribution in [2.45, 2.75) is 12.8 Å². The van der Waals surface area contributed by atoms with E-state index in [1.807, 2.05) is 0 Å². The molecule has 0 aromatic rings. The summed E-state index contributed by atoms with van der Waals surface area (Å²) in [6, 6.07) is 0. The lowest BCUT2D eigenvalue weighted by molar-refractivity contribution is -0.132. The Bertz CT molecular complexity index is 212. The van der Waals surface area contributed by atoms with E-state index in [0.29, 0.717) is 0 Å². The molecule has 0 bridgehead atoms. The van der Waals surface area contributed by atoms with Gasteiger partial charge in [0.25, 0.3) is 0 Å². The summed E-state index contributed by atoms with van der Waals surface area (Å²) < 4.78 is 0. The van der Waals surface area contributed by atoms with Gasteiger partial charge >= 0.3 is 7.41 Å². The Balaban J connectivity index is 2.62. The van der Waals surface area contributed by atoms with Crippen LogP contribution in [0.2, 0.25) is 0 Å². The topological polar surface area (TPSA) is 54.5 Å². The lowest BCUT2D eigenvalue weighted by Crippen LogP contribution is -2.37. The van der Waals surface area contributed by atoms with E-state index in [1.54, 1.807) is 0 Å². The number of carbonyl (C=O) groups excluding carboxylic acids is 3. The predicted molar refractivity (Wildman–Crippen MR) is 38.0 cm³/mol. The van der Waals surface area contributed by atoms with Crippen molar-refractivity contribution in [2.75, 3.05) is 0 Å². The van der Waals surface area contributed by atoms with Crippen LogP contribution >= 0.6 is 0 Å². The number of nitrogens with zero attached hydrogens (tertiary/aromatic N) is 1. The van der Waals surface area contributed by atoms with E-state index in [4.69, 9.17) is 7.85 Å². The summed E-state index contributed by atoms with van der Waals surface area (Å²) in [7, 11) is 5.57. The maximum absolute atomic E-state index is 10.8. The Hall–Kier alpha value is -1.06. The molecule has 0 unspecified atom stereocenters. The van der Waals surface area contributed by atoms with Crippen molar-refractivity contribution < 1.29 is 14.4 Å². The van der Waals surface area contributed by atoms with Gasteiger partial charge in [-0.05, 0) is 0 Å². The van der Waals surface area contributed by atoms with E-state index >= 15 is 0 Å². The van der Waals surface area contributed by atoms with Gasteiger partial charge in [-0.15, -0.1) is 0 Å². The highest BCUT2D eigenvalue weighted by Gasteiger charge is 2.29. The van der Waals surface area contributed by atoms with Crippen LogP contribution in [0.4, 0.5) is 4.79 Å². The number of rotatable bonds is 2. The number of amides is 2. The van der Waals surface area contributed by atoms with Crippen molar-refractivity contribution >= 4 is 32.7 Å². The Morgan fingerprint density at radius 2 is 1.82 bits per heavy atom. The summed E-state index contributed by atoms with van der Waals surface area (Å²) in [6.45, 7) is 0. The molecular weight excluding hydrogens is 144 g/mol. The summed E-state index contributed by atoms with van der Waals surface area (Å²) >= 11 is 0. The summed E-state index contributed by atoms with van der Waals surface area (Å²) in [5, 5.41) is 0. The molecule has 0 aliphatic carbocycles. The van der Waals surface area contributed by atoms with Crippen LogP contribution in [0.5, 0.6) is 0 Å². The molecule has 1 heterocycles. The summed E-state index contributed by atoms with van der Waals surface area (Å²) in [5.74, 6) is -0.734. The van der Waals surface area contributed by atoms with Crippen LogP contribution in [0.25, 0.3) is 0 Å². The van der Waals surface area contributed by atoms with E-state index in [0.717, 1.165) is 12.2 Å². The molecule has 1 aliphatic heterocycles. The Morgan fingerprint density at radius 1 is 1.36 bits per heavy atom. The van der Waals surface area contributed by atoms with Gasteiger partial charge in [0.15, 0.2) is 7.85 Å². The number of imide groups is 1. The van der Waals surface area contributed by atoms with Crippen LogP contribution in [-0.2, 0) is 9.59 Å². The lowest BCUT2D eigenvalue weighted by Gasteiger charge is -2.08. The van der Waals surface area contributed by atoms with Crippen LogP contribution in [0.15, 0.2) is 0 Å². The molecule has 0 N–H and O–H groups in total. The van der Waals surface area contributed by atoms with Gasteiger partial charge in [-0.25, -0.2) is 0 Å². The summed E-state index contributed by atoms with van der Waals surface area (Å²) in [4.78, 5) is 32.6. The second-order valence-electron chi connectivity index (χ2n) is 2.19. The molecular formula is C5H4B2NO3. The Kier molecular flexibility index (Phi) is 2.12. The molecule has 0 aromatic heterocycles. The van der Waals surface area contributed by atoms with Crippen molar-refractivity contribution in [3.8, 4) is 0 Å². The zero-order valence-electron chi connectivity index (χ0n) is 5.74. The Labute approximate surface area is 65.6 Å². The SMILES string of the molecule is [B]C(=O)[B]N1C(=O)CCC1=O. The zero-order valence-corrected chi connectivity index (χ0v) is 5.74. The minimum Gasteiger partial charge on any atom is -0.326 e. The fraction of sp³-hybridized carbons (Fsp3) is 0.400. The normalized spacial score (nSPS) is 17.3. The molecule has 53 valence electrons. The number of hydrogen-bond acceptors (Lipinski definition) is 3. The van der Waals surface area contributed by atoms with Crippen molar-refractivity contribution in [3.63, 3.8) is 0 Å². The third kappa shape index (κ3) is 1.69. The quantitative estimate of drug-likeness (QED) is 0.374. The summed E-state index contributed by atoms with van der Waals surface area (Å²) in [5.41, 5.74) is -0.784. The molecule has 1 fully saturated rings. The Morgan fingerprint density at radius 3 is 2.18 bits per heavy atom. The first-order valence-corrected chi connectivity index (χ1v) is 3.10. The molecule has 4 nitrogen and oxygen atoms in total. The molecule has 3 radical (unpaired) electrons. The average Bonchev–Trinajstić information content (AvgIpc) is 2.18. The molecule has 0 spiro atoms. The lowest BCUT2D eigenvalue weighted by atomic mass is 9.73. The molecule has 1 aliphatic rings. The maximum atomic E-state index is 10.8. The maximum Gasteiger partial charge on any atom is 0.329 e. The molecule has 1 rings (SSSR count). The van der Waals surface area contributed by atoms with E-state index in [2.05, 4.69) is 0 Å². The molecule has 0 saturated carbocycles. The first-order chi connectivity index (χ1) is 5.11. The average molecular weight is 148 g/mol. The van der Waals surface area contributed by atoms with Crippen molar-refractivity contribution in [1.82, 2.24) is 4.81 Å². The summed E-state index contributed by atoms with van der Waals surface area (Å²) in [6.07, 6.45) is 0.339. The second-order valence-corrected chi connectivity index (χ2v) is 2.19. The molecule has 0 aromatic carbocycles. The molecule has 1 saturated heterocycles. The highest BCUT2D eigenvalue weighted by Crippen LogP contribution is 2.09. The predicted octanol–water partition coefficient (Wildman–Crippen LogP) is -0.957. The van der Waals surface area contributed by atoms with E-state index < -0.39 is 5.58 Å². The number of hydrogen-bond donors (Lipinski definition) is 0. The molecule has 11 heavy (non-hydrogen) atoms. The van der Waals surface area contributed by atoms with Crippen molar-refractivity contribution in [3.05, 3.63) is 0 Å². The molecule has 6 heteroatoms. The third-order valence-electron chi connectivity index (χ3n) is 1.35. The van der Waals surface area contributed by atoms with Crippen LogP contribution in [0.1, 0.15) is 12.8 Å². The van der Waals surface area contributed by atoms with E-state index in [-0.39, 0.29) is 24.7 Å². The highest BCUT2D eigenvalue weighted by molar-refractivity contribution is 6.96. The fourth-order valence-electron chi connectivity index (χ4n) is 0.865. The van der Waals surface area contributed by atoms with Gasteiger partial charge in [0.1, 0.15) is 0 Å². The third-order valence-corrected chi connectivity index (χ3v) is 1.35. The second kappa shape index (κ2) is 2.90. The minimum atomic E-state index is -0.784. The van der Waals surface area contributed by atoms with Crippen LogP contribution in [0, 0.1) is 0 Å². The smallest absolute Gasteiger partial charge is 0.326 e. The van der Waals surface area contributed by atoms with Crippen molar-refractivity contribution in [2.24, 2.45) is 0 Å². The highest BCUT2D eigenvalue weighted by atomic mass is 16.2. The van der Waals surface area contributed by atoms with Gasteiger partial charge < -0.3 is 9.61 Å². The monoisotopic (exact) mass is 148 g/mol. The van der Waals surface area contributed by atoms with Crippen LogP contribution < -0.4 is 0 Å².